The molecule has 0 radical (unpaired) electrons. The Bertz CT molecular complexity index is 1020. The Kier molecular flexibility index (Phi) is 4.31. The highest BCUT2D eigenvalue weighted by molar-refractivity contribution is 6.59. The molecule has 0 aliphatic carbocycles. The molecule has 0 saturated heterocycles. The first-order chi connectivity index (χ1) is 12.7. The molecule has 0 atom stereocenters. The third-order valence-corrected chi connectivity index (χ3v) is 3.87. The van der Waals surface area contributed by atoms with Crippen LogP contribution in [-0.4, -0.2) is 27.4 Å². The fourth-order valence-corrected chi connectivity index (χ4v) is 2.60. The SMILES string of the molecule is OB(O)c1cc(Oc2ccc(Oc3ccccc3)cc2)c2cn[nH]c2c1. The van der Waals surface area contributed by atoms with Crippen molar-refractivity contribution in [3.8, 4) is 23.0 Å². The number of benzene rings is 3. The van der Waals surface area contributed by atoms with Crippen LogP contribution in [0.15, 0.2) is 72.9 Å². The Morgan fingerprint density at radius 1 is 0.808 bits per heavy atom. The predicted molar refractivity (Wildman–Crippen MR) is 99.0 cm³/mol. The lowest BCUT2D eigenvalue weighted by Gasteiger charge is -2.10. The van der Waals surface area contributed by atoms with Crippen molar-refractivity contribution in [3.05, 3.63) is 72.9 Å². The lowest BCUT2D eigenvalue weighted by Crippen LogP contribution is -2.29. The van der Waals surface area contributed by atoms with Crippen LogP contribution in [0.1, 0.15) is 0 Å². The van der Waals surface area contributed by atoms with Gasteiger partial charge < -0.3 is 19.5 Å². The van der Waals surface area contributed by atoms with Crippen molar-refractivity contribution in [2.75, 3.05) is 0 Å². The molecule has 1 heterocycles. The maximum Gasteiger partial charge on any atom is 0.488 e. The van der Waals surface area contributed by atoms with E-state index in [1.807, 2.05) is 30.3 Å². The van der Waals surface area contributed by atoms with Crippen LogP contribution in [0.4, 0.5) is 0 Å². The fourth-order valence-electron chi connectivity index (χ4n) is 2.60. The largest absolute Gasteiger partial charge is 0.488 e. The van der Waals surface area contributed by atoms with Crippen molar-refractivity contribution in [1.82, 2.24) is 10.2 Å². The molecule has 4 aromatic rings. The molecule has 0 spiro atoms. The highest BCUT2D eigenvalue weighted by Crippen LogP contribution is 2.30. The summed E-state index contributed by atoms with van der Waals surface area (Å²) in [6, 6.07) is 19.9. The number of nitrogens with one attached hydrogen (secondary N) is 1. The molecule has 3 aromatic carbocycles. The molecule has 0 fully saturated rings. The summed E-state index contributed by atoms with van der Waals surface area (Å²) in [7, 11) is -1.59. The average molecular weight is 346 g/mol. The number of aromatic amines is 1. The Morgan fingerprint density at radius 3 is 2.15 bits per heavy atom. The smallest absolute Gasteiger partial charge is 0.457 e. The molecule has 7 heteroatoms. The summed E-state index contributed by atoms with van der Waals surface area (Å²) in [5, 5.41) is 26.4. The minimum Gasteiger partial charge on any atom is -0.457 e. The van der Waals surface area contributed by atoms with Gasteiger partial charge in [0.1, 0.15) is 23.0 Å². The van der Waals surface area contributed by atoms with Gasteiger partial charge in [0.25, 0.3) is 0 Å². The predicted octanol–water partition coefficient (Wildman–Crippen LogP) is 2.83. The van der Waals surface area contributed by atoms with Crippen LogP contribution in [0, 0.1) is 0 Å². The zero-order chi connectivity index (χ0) is 17.9. The lowest BCUT2D eigenvalue weighted by molar-refractivity contribution is 0.425. The standard InChI is InChI=1S/C19H15BN2O4/c23-20(24)13-10-18-17(12-21-22-18)19(11-13)26-16-8-6-15(7-9-16)25-14-4-2-1-3-5-14/h1-12,23-24H,(H,21,22). The number of aromatic nitrogens is 2. The second-order valence-electron chi connectivity index (χ2n) is 5.71. The summed E-state index contributed by atoms with van der Waals surface area (Å²) in [5.41, 5.74) is 0.982. The van der Waals surface area contributed by atoms with E-state index >= 15 is 0 Å². The summed E-state index contributed by atoms with van der Waals surface area (Å²) in [6.45, 7) is 0. The maximum absolute atomic E-state index is 9.44. The van der Waals surface area contributed by atoms with Crippen molar-refractivity contribution in [2.24, 2.45) is 0 Å². The van der Waals surface area contributed by atoms with Gasteiger partial charge in [-0.1, -0.05) is 18.2 Å². The van der Waals surface area contributed by atoms with E-state index in [1.54, 1.807) is 42.6 Å². The monoisotopic (exact) mass is 346 g/mol. The van der Waals surface area contributed by atoms with Crippen LogP contribution in [0.3, 0.4) is 0 Å². The molecular weight excluding hydrogens is 331 g/mol. The van der Waals surface area contributed by atoms with Gasteiger partial charge in [-0.2, -0.15) is 5.10 Å². The molecule has 0 bridgehead atoms. The van der Waals surface area contributed by atoms with E-state index in [1.165, 1.54) is 0 Å². The molecule has 26 heavy (non-hydrogen) atoms. The van der Waals surface area contributed by atoms with Crippen LogP contribution >= 0.6 is 0 Å². The van der Waals surface area contributed by atoms with Crippen LogP contribution in [0.2, 0.25) is 0 Å². The zero-order valence-corrected chi connectivity index (χ0v) is 13.7. The molecule has 1 aromatic heterocycles. The van der Waals surface area contributed by atoms with Crippen molar-refractivity contribution in [2.45, 2.75) is 0 Å². The number of ether oxygens (including phenoxy) is 2. The third-order valence-electron chi connectivity index (χ3n) is 3.87. The summed E-state index contributed by atoms with van der Waals surface area (Å²) < 4.78 is 11.7. The summed E-state index contributed by atoms with van der Waals surface area (Å²) in [5.74, 6) is 2.52. The number of fused-ring (bicyclic) bond motifs is 1. The van der Waals surface area contributed by atoms with Crippen molar-refractivity contribution in [1.29, 1.82) is 0 Å². The van der Waals surface area contributed by atoms with Crippen molar-refractivity contribution < 1.29 is 19.5 Å². The Labute approximate surface area is 149 Å². The summed E-state index contributed by atoms with van der Waals surface area (Å²) in [6.07, 6.45) is 1.63. The van der Waals surface area contributed by atoms with Crippen molar-refractivity contribution in [3.63, 3.8) is 0 Å². The quantitative estimate of drug-likeness (QED) is 0.484. The highest BCUT2D eigenvalue weighted by atomic mass is 16.5. The van der Waals surface area contributed by atoms with E-state index in [0.717, 1.165) is 11.1 Å². The molecule has 4 rings (SSSR count). The molecule has 0 aliphatic rings. The first-order valence-electron chi connectivity index (χ1n) is 8.03. The topological polar surface area (TPSA) is 87.6 Å². The minimum atomic E-state index is -1.59. The number of para-hydroxylation sites is 1. The van der Waals surface area contributed by atoms with Gasteiger partial charge in [0.05, 0.1) is 17.1 Å². The van der Waals surface area contributed by atoms with E-state index < -0.39 is 7.12 Å². The molecule has 0 aliphatic heterocycles. The molecule has 0 saturated carbocycles. The highest BCUT2D eigenvalue weighted by Gasteiger charge is 2.16. The fraction of sp³-hybridized carbons (Fsp3) is 0. The Balaban J connectivity index is 1.57. The van der Waals surface area contributed by atoms with Crippen LogP contribution in [-0.2, 0) is 0 Å². The molecule has 0 unspecified atom stereocenters. The Hall–Kier alpha value is -3.29. The van der Waals surface area contributed by atoms with Gasteiger partial charge in [0.15, 0.2) is 0 Å². The van der Waals surface area contributed by atoms with Gasteiger partial charge in [-0.3, -0.25) is 5.10 Å². The van der Waals surface area contributed by atoms with E-state index in [2.05, 4.69) is 10.2 Å². The molecule has 3 N–H and O–H groups in total. The lowest BCUT2D eigenvalue weighted by atomic mass is 9.80. The molecule has 6 nitrogen and oxygen atoms in total. The first kappa shape index (κ1) is 16.2. The van der Waals surface area contributed by atoms with Gasteiger partial charge in [0, 0.05) is 0 Å². The van der Waals surface area contributed by atoms with Gasteiger partial charge in [-0.15, -0.1) is 0 Å². The number of rotatable bonds is 5. The normalized spacial score (nSPS) is 10.7. The average Bonchev–Trinajstić information content (AvgIpc) is 3.13. The van der Waals surface area contributed by atoms with E-state index in [9.17, 15) is 10.0 Å². The number of hydrogen-bond donors (Lipinski definition) is 3. The number of nitrogens with zero attached hydrogens (tertiary/aromatic N) is 1. The van der Waals surface area contributed by atoms with Gasteiger partial charge in [-0.05, 0) is 54.0 Å². The van der Waals surface area contributed by atoms with Crippen LogP contribution in [0.25, 0.3) is 10.9 Å². The van der Waals surface area contributed by atoms with Gasteiger partial charge >= 0.3 is 7.12 Å². The number of hydrogen-bond acceptors (Lipinski definition) is 5. The first-order valence-corrected chi connectivity index (χ1v) is 8.03. The minimum absolute atomic E-state index is 0.320. The third kappa shape index (κ3) is 3.39. The molecule has 128 valence electrons. The van der Waals surface area contributed by atoms with Crippen LogP contribution < -0.4 is 14.9 Å². The zero-order valence-electron chi connectivity index (χ0n) is 13.7. The maximum atomic E-state index is 9.44. The summed E-state index contributed by atoms with van der Waals surface area (Å²) in [4.78, 5) is 0. The van der Waals surface area contributed by atoms with Crippen molar-refractivity contribution >= 4 is 23.5 Å². The van der Waals surface area contributed by atoms with Gasteiger partial charge in [-0.25, -0.2) is 0 Å². The second-order valence-corrected chi connectivity index (χ2v) is 5.71. The summed E-state index contributed by atoms with van der Waals surface area (Å²) >= 11 is 0. The number of H-pyrrole nitrogens is 1. The van der Waals surface area contributed by atoms with E-state index in [0.29, 0.717) is 28.2 Å². The van der Waals surface area contributed by atoms with Crippen LogP contribution in [0.5, 0.6) is 23.0 Å². The van der Waals surface area contributed by atoms with E-state index in [-0.39, 0.29) is 0 Å². The Morgan fingerprint density at radius 2 is 1.46 bits per heavy atom. The van der Waals surface area contributed by atoms with Gasteiger partial charge in [0.2, 0.25) is 0 Å². The molecule has 0 amide bonds. The van der Waals surface area contributed by atoms with E-state index in [4.69, 9.17) is 9.47 Å². The second kappa shape index (κ2) is 6.91. The molecular formula is C19H15BN2O4.